The molecule has 4 N–H and O–H groups in total. The van der Waals surface area contributed by atoms with Crippen molar-refractivity contribution in [3.8, 4) is 0 Å². The first-order valence-corrected chi connectivity index (χ1v) is 6.34. The van der Waals surface area contributed by atoms with Crippen molar-refractivity contribution < 1.29 is 5.21 Å². The van der Waals surface area contributed by atoms with Gasteiger partial charge in [-0.3, -0.25) is 4.98 Å². The molecule has 100 valence electrons. The third-order valence-electron chi connectivity index (χ3n) is 2.87. The van der Waals surface area contributed by atoms with Crippen LogP contribution in [0.4, 0.5) is 0 Å². The molecule has 0 aliphatic rings. The second-order valence-corrected chi connectivity index (χ2v) is 4.42. The number of pyridine rings is 1. The number of unbranched alkanes of at least 4 members (excludes halogenated alkanes) is 1. The lowest BCUT2D eigenvalue weighted by atomic mass is 10.1. The van der Waals surface area contributed by atoms with Crippen LogP contribution in [0.15, 0.2) is 23.5 Å². The van der Waals surface area contributed by atoms with Gasteiger partial charge >= 0.3 is 0 Å². The molecule has 1 aromatic heterocycles. The second-order valence-electron chi connectivity index (χ2n) is 4.42. The molecule has 0 spiro atoms. The molecular weight excluding hydrogens is 228 g/mol. The number of hydrogen-bond acceptors (Lipinski definition) is 4. The maximum absolute atomic E-state index is 8.71. The van der Waals surface area contributed by atoms with Crippen LogP contribution in [-0.4, -0.2) is 22.1 Å². The molecule has 0 saturated heterocycles. The zero-order valence-corrected chi connectivity index (χ0v) is 11.1. The molecule has 0 aliphatic carbocycles. The molecule has 1 atom stereocenters. The summed E-state index contributed by atoms with van der Waals surface area (Å²) in [6.45, 7) is 5.02. The number of hydrogen-bond donors (Lipinski definition) is 3. The van der Waals surface area contributed by atoms with Crippen LogP contribution in [0.2, 0.25) is 0 Å². The fraction of sp³-hybridized carbons (Fsp3) is 0.538. The van der Waals surface area contributed by atoms with Crippen LogP contribution in [0, 0.1) is 0 Å². The SMILES string of the molecule is CCCCC(C)NCc1cccnc1C(N)=NO. The Morgan fingerprint density at radius 2 is 2.39 bits per heavy atom. The average Bonchev–Trinajstić information content (AvgIpc) is 2.42. The quantitative estimate of drug-likeness (QED) is 0.298. The molecule has 0 amide bonds. The van der Waals surface area contributed by atoms with E-state index in [-0.39, 0.29) is 5.84 Å². The number of nitrogens with zero attached hydrogens (tertiary/aromatic N) is 2. The number of aromatic nitrogens is 1. The highest BCUT2D eigenvalue weighted by atomic mass is 16.4. The third kappa shape index (κ3) is 4.33. The lowest BCUT2D eigenvalue weighted by Crippen LogP contribution is -2.27. The average molecular weight is 250 g/mol. The Kier molecular flexibility index (Phi) is 6.14. The minimum atomic E-state index is 0.0496. The molecule has 1 aromatic rings. The van der Waals surface area contributed by atoms with E-state index in [1.165, 1.54) is 12.8 Å². The van der Waals surface area contributed by atoms with Gasteiger partial charge in [0.05, 0.1) is 0 Å². The summed E-state index contributed by atoms with van der Waals surface area (Å²) in [7, 11) is 0. The van der Waals surface area contributed by atoms with Crippen LogP contribution in [0.5, 0.6) is 0 Å². The molecule has 5 nitrogen and oxygen atoms in total. The summed E-state index contributed by atoms with van der Waals surface area (Å²) in [6.07, 6.45) is 5.20. The second kappa shape index (κ2) is 7.66. The first-order valence-electron chi connectivity index (χ1n) is 6.34. The number of nitrogens with one attached hydrogen (secondary N) is 1. The van der Waals surface area contributed by atoms with Gasteiger partial charge in [0.2, 0.25) is 0 Å². The van der Waals surface area contributed by atoms with Gasteiger partial charge in [0.15, 0.2) is 5.84 Å². The highest BCUT2D eigenvalue weighted by Crippen LogP contribution is 2.07. The van der Waals surface area contributed by atoms with Gasteiger partial charge in [0, 0.05) is 18.8 Å². The molecule has 0 radical (unpaired) electrons. The van der Waals surface area contributed by atoms with Gasteiger partial charge in [-0.1, -0.05) is 31.0 Å². The smallest absolute Gasteiger partial charge is 0.189 e. The summed E-state index contributed by atoms with van der Waals surface area (Å²) < 4.78 is 0. The predicted molar refractivity (Wildman–Crippen MR) is 72.6 cm³/mol. The van der Waals surface area contributed by atoms with Crippen molar-refractivity contribution in [2.24, 2.45) is 10.9 Å². The fourth-order valence-electron chi connectivity index (χ4n) is 1.76. The minimum Gasteiger partial charge on any atom is -0.409 e. The van der Waals surface area contributed by atoms with E-state index < -0.39 is 0 Å². The Bertz CT molecular complexity index is 392. The van der Waals surface area contributed by atoms with Crippen molar-refractivity contribution in [1.29, 1.82) is 0 Å². The van der Waals surface area contributed by atoms with Crippen LogP contribution < -0.4 is 11.1 Å². The molecular formula is C13H22N4O. The van der Waals surface area contributed by atoms with E-state index in [0.29, 0.717) is 18.3 Å². The Balaban J connectivity index is 2.62. The predicted octanol–water partition coefficient (Wildman–Crippen LogP) is 1.84. The van der Waals surface area contributed by atoms with E-state index in [1.807, 2.05) is 12.1 Å². The van der Waals surface area contributed by atoms with E-state index in [0.717, 1.165) is 12.0 Å². The lowest BCUT2D eigenvalue weighted by molar-refractivity contribution is 0.318. The maximum atomic E-state index is 8.71. The summed E-state index contributed by atoms with van der Waals surface area (Å²) in [5.74, 6) is 0.0496. The zero-order valence-electron chi connectivity index (χ0n) is 11.1. The molecule has 0 fully saturated rings. The monoisotopic (exact) mass is 250 g/mol. The molecule has 1 heterocycles. The first-order chi connectivity index (χ1) is 8.69. The number of rotatable bonds is 7. The number of oxime groups is 1. The van der Waals surface area contributed by atoms with Crippen LogP contribution in [0.25, 0.3) is 0 Å². The van der Waals surface area contributed by atoms with E-state index in [9.17, 15) is 0 Å². The van der Waals surface area contributed by atoms with Crippen molar-refractivity contribution in [3.05, 3.63) is 29.6 Å². The number of amidine groups is 1. The number of nitrogens with two attached hydrogens (primary N) is 1. The lowest BCUT2D eigenvalue weighted by Gasteiger charge is -2.14. The highest BCUT2D eigenvalue weighted by molar-refractivity contribution is 5.96. The van der Waals surface area contributed by atoms with E-state index in [2.05, 4.69) is 29.3 Å². The van der Waals surface area contributed by atoms with Gasteiger partial charge in [-0.25, -0.2) is 0 Å². The van der Waals surface area contributed by atoms with Crippen molar-refractivity contribution in [3.63, 3.8) is 0 Å². The van der Waals surface area contributed by atoms with Crippen molar-refractivity contribution in [2.45, 2.75) is 45.7 Å². The molecule has 1 unspecified atom stereocenters. The summed E-state index contributed by atoms with van der Waals surface area (Å²) in [6, 6.07) is 4.23. The van der Waals surface area contributed by atoms with Crippen LogP contribution in [-0.2, 0) is 6.54 Å². The van der Waals surface area contributed by atoms with Gasteiger partial charge in [-0.05, 0) is 25.0 Å². The Hall–Kier alpha value is -1.62. The molecule has 0 aromatic carbocycles. The summed E-state index contributed by atoms with van der Waals surface area (Å²) in [5.41, 5.74) is 7.07. The minimum absolute atomic E-state index is 0.0496. The van der Waals surface area contributed by atoms with Gasteiger partial charge in [0.25, 0.3) is 0 Å². The highest BCUT2D eigenvalue weighted by Gasteiger charge is 2.09. The van der Waals surface area contributed by atoms with Crippen LogP contribution in [0.1, 0.15) is 44.4 Å². The molecule has 0 aliphatic heterocycles. The zero-order chi connectivity index (χ0) is 13.4. The van der Waals surface area contributed by atoms with Crippen molar-refractivity contribution >= 4 is 5.84 Å². The molecule has 0 saturated carbocycles. The summed E-state index contributed by atoms with van der Waals surface area (Å²) >= 11 is 0. The normalized spacial score (nSPS) is 13.6. The molecule has 0 bridgehead atoms. The maximum Gasteiger partial charge on any atom is 0.189 e. The van der Waals surface area contributed by atoms with Crippen LogP contribution in [0.3, 0.4) is 0 Å². The molecule has 5 heteroatoms. The Labute approximate surface area is 108 Å². The van der Waals surface area contributed by atoms with Crippen molar-refractivity contribution in [1.82, 2.24) is 10.3 Å². The molecule has 18 heavy (non-hydrogen) atoms. The largest absolute Gasteiger partial charge is 0.409 e. The summed E-state index contributed by atoms with van der Waals surface area (Å²) in [5, 5.41) is 15.1. The molecule has 1 rings (SSSR count). The van der Waals surface area contributed by atoms with Gasteiger partial charge in [-0.15, -0.1) is 0 Å². The fourth-order valence-corrected chi connectivity index (χ4v) is 1.76. The van der Waals surface area contributed by atoms with Crippen molar-refractivity contribution in [2.75, 3.05) is 0 Å². The third-order valence-corrected chi connectivity index (χ3v) is 2.87. The summed E-state index contributed by atoms with van der Waals surface area (Å²) in [4.78, 5) is 4.13. The van der Waals surface area contributed by atoms with E-state index in [4.69, 9.17) is 10.9 Å². The van der Waals surface area contributed by atoms with Crippen LogP contribution >= 0.6 is 0 Å². The van der Waals surface area contributed by atoms with Gasteiger partial charge in [-0.2, -0.15) is 0 Å². The Morgan fingerprint density at radius 1 is 1.61 bits per heavy atom. The van der Waals surface area contributed by atoms with E-state index in [1.54, 1.807) is 6.20 Å². The van der Waals surface area contributed by atoms with Gasteiger partial charge < -0.3 is 16.3 Å². The van der Waals surface area contributed by atoms with Gasteiger partial charge in [0.1, 0.15) is 5.69 Å². The Morgan fingerprint density at radius 3 is 3.06 bits per heavy atom. The topological polar surface area (TPSA) is 83.5 Å². The standard InChI is InChI=1S/C13H22N4O/c1-3-4-6-10(2)16-9-11-7-5-8-15-12(11)13(14)17-18/h5,7-8,10,16,18H,3-4,6,9H2,1-2H3,(H2,14,17). The first kappa shape index (κ1) is 14.4. The van der Waals surface area contributed by atoms with E-state index >= 15 is 0 Å².